The summed E-state index contributed by atoms with van der Waals surface area (Å²) in [6.45, 7) is 1.49. The van der Waals surface area contributed by atoms with Gasteiger partial charge in [0.2, 0.25) is 15.9 Å². The zero-order chi connectivity index (χ0) is 13.5. The fourth-order valence-electron chi connectivity index (χ4n) is 2.42. The summed E-state index contributed by atoms with van der Waals surface area (Å²) in [5.41, 5.74) is 1.43. The summed E-state index contributed by atoms with van der Waals surface area (Å²) in [6.07, 6.45) is 1.04. The number of benzene rings is 1. The fraction of sp³-hybridized carbons (Fsp3) is 0.417. The number of carbonyl (C=O) groups excluding carboxylic acids is 1. The van der Waals surface area contributed by atoms with Crippen LogP contribution < -0.4 is 15.4 Å². The summed E-state index contributed by atoms with van der Waals surface area (Å²) < 4.78 is 27.1. The lowest BCUT2D eigenvalue weighted by Gasteiger charge is -2.12. The van der Waals surface area contributed by atoms with Crippen molar-refractivity contribution in [1.82, 2.24) is 10.0 Å². The van der Waals surface area contributed by atoms with E-state index in [0.717, 1.165) is 18.5 Å². The molecule has 0 aromatic heterocycles. The fourth-order valence-corrected chi connectivity index (χ4v) is 3.74. The number of amides is 1. The van der Waals surface area contributed by atoms with E-state index in [1.807, 2.05) is 0 Å². The molecule has 0 spiro atoms. The molecule has 0 saturated carbocycles. The molecule has 1 saturated heterocycles. The Hall–Kier alpha value is -1.44. The van der Waals surface area contributed by atoms with Crippen LogP contribution in [-0.2, 0) is 21.2 Å². The van der Waals surface area contributed by atoms with Crippen LogP contribution in [0.4, 0.5) is 5.69 Å². The molecule has 6 nitrogen and oxygen atoms in total. The number of anilines is 1. The second-order valence-corrected chi connectivity index (χ2v) is 6.57. The van der Waals surface area contributed by atoms with Gasteiger partial charge in [-0.15, -0.1) is 0 Å². The van der Waals surface area contributed by atoms with Crippen LogP contribution in [0.5, 0.6) is 0 Å². The molecule has 3 N–H and O–H groups in total. The van der Waals surface area contributed by atoms with Crippen molar-refractivity contribution in [2.45, 2.75) is 23.8 Å². The van der Waals surface area contributed by atoms with Crippen molar-refractivity contribution in [2.75, 3.05) is 18.4 Å². The van der Waals surface area contributed by atoms with E-state index in [9.17, 15) is 13.2 Å². The topological polar surface area (TPSA) is 87.3 Å². The van der Waals surface area contributed by atoms with Gasteiger partial charge >= 0.3 is 0 Å². The minimum Gasteiger partial charge on any atom is -0.326 e. The van der Waals surface area contributed by atoms with Gasteiger partial charge in [0.1, 0.15) is 0 Å². The Morgan fingerprint density at radius 2 is 2.16 bits per heavy atom. The molecule has 0 aliphatic carbocycles. The zero-order valence-electron chi connectivity index (χ0n) is 10.3. The molecule has 1 fully saturated rings. The molecular formula is C12H15N3O3S. The molecule has 1 aromatic rings. The molecule has 3 rings (SSSR count). The highest BCUT2D eigenvalue weighted by Gasteiger charge is 2.25. The average molecular weight is 281 g/mol. The quantitative estimate of drug-likeness (QED) is 0.717. The van der Waals surface area contributed by atoms with Crippen LogP contribution >= 0.6 is 0 Å². The van der Waals surface area contributed by atoms with Crippen molar-refractivity contribution in [1.29, 1.82) is 0 Å². The van der Waals surface area contributed by atoms with Crippen molar-refractivity contribution in [3.8, 4) is 0 Å². The normalized spacial score (nSPS) is 22.3. The molecule has 1 amide bonds. The Labute approximate surface area is 111 Å². The number of hydrogen-bond donors (Lipinski definition) is 3. The van der Waals surface area contributed by atoms with E-state index in [2.05, 4.69) is 15.4 Å². The zero-order valence-corrected chi connectivity index (χ0v) is 11.1. The molecule has 1 aromatic carbocycles. The molecule has 2 heterocycles. The lowest BCUT2D eigenvalue weighted by atomic mass is 10.2. The highest BCUT2D eigenvalue weighted by Crippen LogP contribution is 2.25. The highest BCUT2D eigenvalue weighted by atomic mass is 32.2. The summed E-state index contributed by atoms with van der Waals surface area (Å²) >= 11 is 0. The Morgan fingerprint density at radius 1 is 1.32 bits per heavy atom. The molecule has 102 valence electrons. The van der Waals surface area contributed by atoms with E-state index in [1.165, 1.54) is 6.07 Å². The van der Waals surface area contributed by atoms with Crippen LogP contribution in [0.3, 0.4) is 0 Å². The van der Waals surface area contributed by atoms with Gasteiger partial charge in [-0.25, -0.2) is 13.1 Å². The average Bonchev–Trinajstić information content (AvgIpc) is 2.95. The lowest BCUT2D eigenvalue weighted by molar-refractivity contribution is -0.115. The van der Waals surface area contributed by atoms with Crippen LogP contribution in [0.1, 0.15) is 12.0 Å². The van der Waals surface area contributed by atoms with E-state index in [1.54, 1.807) is 12.1 Å². The first kappa shape index (κ1) is 12.6. The monoisotopic (exact) mass is 281 g/mol. The molecule has 7 heteroatoms. The van der Waals surface area contributed by atoms with E-state index in [4.69, 9.17) is 0 Å². The molecule has 0 bridgehead atoms. The number of fused-ring (bicyclic) bond motifs is 1. The summed E-state index contributed by atoms with van der Waals surface area (Å²) in [5, 5.41) is 5.80. The maximum Gasteiger partial charge on any atom is 0.240 e. The SMILES string of the molecule is O=C1Cc2cc(S(=O)(=O)N[C@@H]3CCNC3)ccc2N1. The lowest BCUT2D eigenvalue weighted by Crippen LogP contribution is -2.36. The van der Waals surface area contributed by atoms with E-state index >= 15 is 0 Å². The summed E-state index contributed by atoms with van der Waals surface area (Å²) in [5.74, 6) is -0.0995. The van der Waals surface area contributed by atoms with E-state index in [-0.39, 0.29) is 23.3 Å². The Kier molecular flexibility index (Phi) is 3.04. The number of sulfonamides is 1. The minimum atomic E-state index is -3.51. The van der Waals surface area contributed by atoms with Gasteiger partial charge in [-0.2, -0.15) is 0 Å². The Bertz CT molecular complexity index is 621. The third-order valence-corrected chi connectivity index (χ3v) is 4.91. The standard InChI is InChI=1S/C12H15N3O3S/c16-12-6-8-5-10(1-2-11(8)14-12)19(17,18)15-9-3-4-13-7-9/h1-2,5,9,13,15H,3-4,6-7H2,(H,14,16)/t9-/m1/s1. The molecule has 2 aliphatic rings. The van der Waals surface area contributed by atoms with Crippen molar-refractivity contribution in [2.24, 2.45) is 0 Å². The molecule has 0 unspecified atom stereocenters. The second-order valence-electron chi connectivity index (χ2n) is 4.85. The predicted octanol–water partition coefficient (Wildman–Crippen LogP) is -0.179. The number of carbonyl (C=O) groups is 1. The van der Waals surface area contributed by atoms with Crippen LogP contribution in [0, 0.1) is 0 Å². The number of nitrogens with one attached hydrogen (secondary N) is 3. The van der Waals surface area contributed by atoms with E-state index < -0.39 is 10.0 Å². The Balaban J connectivity index is 1.85. The van der Waals surface area contributed by atoms with Crippen molar-refractivity contribution >= 4 is 21.6 Å². The van der Waals surface area contributed by atoms with Crippen molar-refractivity contribution < 1.29 is 13.2 Å². The molecule has 0 radical (unpaired) electrons. The predicted molar refractivity (Wildman–Crippen MR) is 70.4 cm³/mol. The van der Waals surface area contributed by atoms with Crippen LogP contribution in [0.15, 0.2) is 23.1 Å². The first-order chi connectivity index (χ1) is 9.04. The van der Waals surface area contributed by atoms with Gasteiger partial charge in [-0.3, -0.25) is 4.79 Å². The van der Waals surface area contributed by atoms with Crippen LogP contribution in [0.2, 0.25) is 0 Å². The second kappa shape index (κ2) is 4.59. The van der Waals surface area contributed by atoms with Gasteiger partial charge in [0.15, 0.2) is 0 Å². The highest BCUT2D eigenvalue weighted by molar-refractivity contribution is 7.89. The van der Waals surface area contributed by atoms with Gasteiger partial charge < -0.3 is 10.6 Å². The van der Waals surface area contributed by atoms with Crippen LogP contribution in [-0.4, -0.2) is 33.5 Å². The Morgan fingerprint density at radius 3 is 2.89 bits per heavy atom. The first-order valence-corrected chi connectivity index (χ1v) is 7.69. The maximum absolute atomic E-state index is 12.2. The summed E-state index contributed by atoms with van der Waals surface area (Å²) in [4.78, 5) is 11.5. The van der Waals surface area contributed by atoms with Gasteiger partial charge in [0, 0.05) is 18.3 Å². The summed E-state index contributed by atoms with van der Waals surface area (Å²) in [6, 6.07) is 4.67. The first-order valence-electron chi connectivity index (χ1n) is 6.20. The third-order valence-electron chi connectivity index (χ3n) is 3.39. The van der Waals surface area contributed by atoms with Gasteiger partial charge in [-0.1, -0.05) is 0 Å². The molecule has 2 aliphatic heterocycles. The van der Waals surface area contributed by atoms with Crippen molar-refractivity contribution in [3.05, 3.63) is 23.8 Å². The third kappa shape index (κ3) is 2.49. The number of rotatable bonds is 3. The van der Waals surface area contributed by atoms with Gasteiger partial charge in [0.05, 0.1) is 11.3 Å². The number of hydrogen-bond acceptors (Lipinski definition) is 4. The summed E-state index contributed by atoms with van der Waals surface area (Å²) in [7, 11) is -3.51. The van der Waals surface area contributed by atoms with E-state index in [0.29, 0.717) is 12.2 Å². The largest absolute Gasteiger partial charge is 0.326 e. The molecular weight excluding hydrogens is 266 g/mol. The minimum absolute atomic E-state index is 0.0574. The molecule has 1 atom stereocenters. The van der Waals surface area contributed by atoms with Gasteiger partial charge in [0.25, 0.3) is 0 Å². The maximum atomic E-state index is 12.2. The van der Waals surface area contributed by atoms with Gasteiger partial charge in [-0.05, 0) is 36.7 Å². The van der Waals surface area contributed by atoms with Crippen LogP contribution in [0.25, 0.3) is 0 Å². The molecule has 19 heavy (non-hydrogen) atoms. The van der Waals surface area contributed by atoms with Crippen molar-refractivity contribution in [3.63, 3.8) is 0 Å². The smallest absolute Gasteiger partial charge is 0.240 e.